The van der Waals surface area contributed by atoms with Gasteiger partial charge in [-0.2, -0.15) is 0 Å². The summed E-state index contributed by atoms with van der Waals surface area (Å²) in [7, 11) is 3.53. The molecule has 2 aromatic heterocycles. The molecule has 0 atom stereocenters. The number of carbonyl (C=O) groups is 1. The van der Waals surface area contributed by atoms with E-state index < -0.39 is 0 Å². The van der Waals surface area contributed by atoms with Crippen LogP contribution in [0.5, 0.6) is 5.75 Å². The first-order valence-corrected chi connectivity index (χ1v) is 9.48. The van der Waals surface area contributed by atoms with Gasteiger partial charge in [-0.25, -0.2) is 0 Å². The number of methoxy groups -OCH3 is 1. The second kappa shape index (κ2) is 9.18. The smallest absolute Gasteiger partial charge is 0.230 e. The quantitative estimate of drug-likeness (QED) is 0.601. The summed E-state index contributed by atoms with van der Waals surface area (Å²) in [6, 6.07) is 11.6. The highest BCUT2D eigenvalue weighted by Gasteiger charge is 2.12. The standard InChI is InChI=1S/C19H21N5O2S/c1-24-18(15-8-10-20-11-9-15)22-23-19(24)27-13-17(25)21-12-7-14-3-5-16(26-2)6-4-14/h3-6,8-11H,7,12-13H2,1-2H3,(H,21,25). The fraction of sp³-hybridized carbons (Fsp3) is 0.263. The van der Waals surface area contributed by atoms with Gasteiger partial charge in [-0.1, -0.05) is 23.9 Å². The van der Waals surface area contributed by atoms with Crippen molar-refractivity contribution >= 4 is 17.7 Å². The Balaban J connectivity index is 1.46. The van der Waals surface area contributed by atoms with Crippen molar-refractivity contribution in [2.24, 2.45) is 7.05 Å². The Morgan fingerprint density at radius 2 is 1.89 bits per heavy atom. The van der Waals surface area contributed by atoms with Gasteiger partial charge in [0.2, 0.25) is 5.91 Å². The van der Waals surface area contributed by atoms with Gasteiger partial charge in [-0.3, -0.25) is 9.78 Å². The van der Waals surface area contributed by atoms with E-state index in [1.54, 1.807) is 19.5 Å². The summed E-state index contributed by atoms with van der Waals surface area (Å²) in [4.78, 5) is 16.1. The predicted molar refractivity (Wildman–Crippen MR) is 105 cm³/mol. The van der Waals surface area contributed by atoms with Crippen LogP contribution in [0.3, 0.4) is 0 Å². The van der Waals surface area contributed by atoms with Gasteiger partial charge in [-0.05, 0) is 36.2 Å². The van der Waals surface area contributed by atoms with E-state index in [1.807, 2.05) is 48.0 Å². The van der Waals surface area contributed by atoms with Crippen LogP contribution < -0.4 is 10.1 Å². The van der Waals surface area contributed by atoms with Gasteiger partial charge in [0, 0.05) is 31.5 Å². The van der Waals surface area contributed by atoms with Crippen LogP contribution in [-0.2, 0) is 18.3 Å². The van der Waals surface area contributed by atoms with Crippen LogP contribution in [0.2, 0.25) is 0 Å². The zero-order valence-electron chi connectivity index (χ0n) is 15.3. The Hall–Kier alpha value is -2.87. The number of thioether (sulfide) groups is 1. The molecule has 27 heavy (non-hydrogen) atoms. The van der Waals surface area contributed by atoms with Crippen LogP contribution in [0.15, 0.2) is 53.9 Å². The number of nitrogens with zero attached hydrogens (tertiary/aromatic N) is 4. The summed E-state index contributed by atoms with van der Waals surface area (Å²) < 4.78 is 7.02. The number of rotatable bonds is 8. The Bertz CT molecular complexity index is 881. The fourth-order valence-electron chi connectivity index (χ4n) is 2.51. The minimum absolute atomic E-state index is 0.0260. The van der Waals surface area contributed by atoms with E-state index in [4.69, 9.17) is 4.74 Å². The molecule has 1 aromatic carbocycles. The van der Waals surface area contributed by atoms with Gasteiger partial charge in [0.1, 0.15) is 5.75 Å². The maximum atomic E-state index is 12.1. The van der Waals surface area contributed by atoms with E-state index in [-0.39, 0.29) is 5.91 Å². The highest BCUT2D eigenvalue weighted by molar-refractivity contribution is 7.99. The van der Waals surface area contributed by atoms with E-state index in [2.05, 4.69) is 20.5 Å². The van der Waals surface area contributed by atoms with Gasteiger partial charge < -0.3 is 14.6 Å². The third-order valence-electron chi connectivity index (χ3n) is 4.00. The molecular formula is C19H21N5O2S. The number of hydrogen-bond acceptors (Lipinski definition) is 6. The lowest BCUT2D eigenvalue weighted by molar-refractivity contribution is -0.118. The largest absolute Gasteiger partial charge is 0.497 e. The number of pyridine rings is 1. The van der Waals surface area contributed by atoms with Crippen LogP contribution in [0.25, 0.3) is 11.4 Å². The molecule has 3 rings (SSSR count). The molecule has 0 bridgehead atoms. The topological polar surface area (TPSA) is 81.9 Å². The minimum Gasteiger partial charge on any atom is -0.497 e. The third kappa shape index (κ3) is 5.07. The lowest BCUT2D eigenvalue weighted by Crippen LogP contribution is -2.27. The summed E-state index contributed by atoms with van der Waals surface area (Å²) in [6.45, 7) is 0.590. The molecule has 0 unspecified atom stereocenters. The van der Waals surface area contributed by atoms with Gasteiger partial charge >= 0.3 is 0 Å². The van der Waals surface area contributed by atoms with E-state index >= 15 is 0 Å². The van der Waals surface area contributed by atoms with Gasteiger partial charge in [0.25, 0.3) is 0 Å². The zero-order chi connectivity index (χ0) is 19.1. The first-order chi connectivity index (χ1) is 13.2. The molecule has 1 N–H and O–H groups in total. The van der Waals surface area contributed by atoms with Crippen LogP contribution in [0.4, 0.5) is 0 Å². The van der Waals surface area contributed by atoms with Crippen molar-refractivity contribution in [3.63, 3.8) is 0 Å². The SMILES string of the molecule is COc1ccc(CCNC(=O)CSc2nnc(-c3ccncc3)n2C)cc1. The van der Waals surface area contributed by atoms with E-state index in [0.717, 1.165) is 29.1 Å². The van der Waals surface area contributed by atoms with E-state index in [1.165, 1.54) is 11.8 Å². The highest BCUT2D eigenvalue weighted by atomic mass is 32.2. The van der Waals surface area contributed by atoms with Gasteiger partial charge in [-0.15, -0.1) is 10.2 Å². The van der Waals surface area contributed by atoms with Crippen molar-refractivity contribution in [2.45, 2.75) is 11.6 Å². The monoisotopic (exact) mass is 383 g/mol. The molecule has 2 heterocycles. The van der Waals surface area contributed by atoms with Crippen molar-refractivity contribution in [1.82, 2.24) is 25.1 Å². The average molecular weight is 383 g/mol. The molecule has 0 radical (unpaired) electrons. The molecule has 7 nitrogen and oxygen atoms in total. The van der Waals surface area contributed by atoms with Crippen molar-refractivity contribution in [3.05, 3.63) is 54.4 Å². The van der Waals surface area contributed by atoms with Crippen LogP contribution in [-0.4, -0.2) is 45.1 Å². The maximum Gasteiger partial charge on any atom is 0.230 e. The number of carbonyl (C=O) groups excluding carboxylic acids is 1. The normalized spacial score (nSPS) is 10.6. The molecule has 140 valence electrons. The molecule has 0 saturated carbocycles. The van der Waals surface area contributed by atoms with Gasteiger partial charge in [0.05, 0.1) is 12.9 Å². The molecule has 0 aliphatic rings. The Labute approximate surface area is 162 Å². The zero-order valence-corrected chi connectivity index (χ0v) is 16.1. The number of aromatic nitrogens is 4. The first-order valence-electron chi connectivity index (χ1n) is 8.49. The second-order valence-electron chi connectivity index (χ2n) is 5.84. The molecule has 8 heteroatoms. The van der Waals surface area contributed by atoms with Crippen LogP contribution >= 0.6 is 11.8 Å². The lowest BCUT2D eigenvalue weighted by atomic mass is 10.1. The second-order valence-corrected chi connectivity index (χ2v) is 6.78. The third-order valence-corrected chi connectivity index (χ3v) is 5.02. The number of amides is 1. The summed E-state index contributed by atoms with van der Waals surface area (Å²) in [5.74, 6) is 1.85. The molecule has 0 saturated heterocycles. The predicted octanol–water partition coefficient (Wildman–Crippen LogP) is 2.34. The molecule has 0 aliphatic carbocycles. The Morgan fingerprint density at radius 1 is 1.15 bits per heavy atom. The van der Waals surface area contributed by atoms with Crippen molar-refractivity contribution in [3.8, 4) is 17.1 Å². The summed E-state index contributed by atoms with van der Waals surface area (Å²) >= 11 is 1.37. The summed E-state index contributed by atoms with van der Waals surface area (Å²) in [5.41, 5.74) is 2.09. The lowest BCUT2D eigenvalue weighted by Gasteiger charge is -2.06. The average Bonchev–Trinajstić information content (AvgIpc) is 3.08. The molecule has 0 aliphatic heterocycles. The molecular weight excluding hydrogens is 362 g/mol. The van der Waals surface area contributed by atoms with Gasteiger partial charge in [0.15, 0.2) is 11.0 Å². The Morgan fingerprint density at radius 3 is 2.59 bits per heavy atom. The Kier molecular flexibility index (Phi) is 6.43. The molecule has 1 amide bonds. The number of ether oxygens (including phenoxy) is 1. The van der Waals surface area contributed by atoms with Crippen molar-refractivity contribution in [2.75, 3.05) is 19.4 Å². The summed E-state index contributed by atoms with van der Waals surface area (Å²) in [5, 5.41) is 12.0. The maximum absolute atomic E-state index is 12.1. The molecule has 3 aromatic rings. The highest BCUT2D eigenvalue weighted by Crippen LogP contribution is 2.21. The van der Waals surface area contributed by atoms with Crippen molar-refractivity contribution < 1.29 is 9.53 Å². The van der Waals surface area contributed by atoms with E-state index in [9.17, 15) is 4.79 Å². The number of benzene rings is 1. The first kappa shape index (κ1) is 18.9. The molecule has 0 spiro atoms. The fourth-order valence-corrected chi connectivity index (χ4v) is 3.25. The van der Waals surface area contributed by atoms with Crippen LogP contribution in [0.1, 0.15) is 5.56 Å². The summed E-state index contributed by atoms with van der Waals surface area (Å²) in [6.07, 6.45) is 4.21. The number of hydrogen-bond donors (Lipinski definition) is 1. The van der Waals surface area contributed by atoms with E-state index in [0.29, 0.717) is 17.5 Å². The molecule has 0 fully saturated rings. The van der Waals surface area contributed by atoms with Crippen LogP contribution in [0, 0.1) is 0 Å². The number of nitrogens with one attached hydrogen (secondary N) is 1. The minimum atomic E-state index is -0.0260. The van der Waals surface area contributed by atoms with Crippen molar-refractivity contribution in [1.29, 1.82) is 0 Å².